The quantitative estimate of drug-likeness (QED) is 0.275. The zero-order valence-corrected chi connectivity index (χ0v) is 26.2. The molecular weight excluding hydrogens is 601 g/mol. The summed E-state index contributed by atoms with van der Waals surface area (Å²) in [5, 5.41) is 15.6. The van der Waals surface area contributed by atoms with Crippen molar-refractivity contribution in [3.63, 3.8) is 0 Å². The Kier molecular flexibility index (Phi) is 9.45. The van der Waals surface area contributed by atoms with Crippen LogP contribution in [0.5, 0.6) is 5.75 Å². The number of para-hydroxylation sites is 1. The lowest BCUT2D eigenvalue weighted by molar-refractivity contribution is 0.0388. The van der Waals surface area contributed by atoms with E-state index >= 15 is 0 Å². The molecule has 2 N–H and O–H groups in total. The van der Waals surface area contributed by atoms with Crippen LogP contribution >= 0.6 is 11.3 Å². The Labute approximate surface area is 261 Å². The van der Waals surface area contributed by atoms with Gasteiger partial charge in [0.05, 0.1) is 35.3 Å². The van der Waals surface area contributed by atoms with E-state index in [2.05, 4.69) is 10.3 Å². The molecule has 0 saturated carbocycles. The van der Waals surface area contributed by atoms with Crippen LogP contribution in [0.1, 0.15) is 34.6 Å². The lowest BCUT2D eigenvalue weighted by Gasteiger charge is -2.38. The van der Waals surface area contributed by atoms with Crippen LogP contribution in [0, 0.1) is 5.92 Å². The second-order valence-electron chi connectivity index (χ2n) is 10.8. The molecule has 230 valence electrons. The van der Waals surface area contributed by atoms with E-state index in [1.807, 2.05) is 24.4 Å². The number of ether oxygens (including phenoxy) is 1. The number of sulfonamides is 1. The lowest BCUT2D eigenvalue weighted by Crippen LogP contribution is -2.50. The van der Waals surface area contributed by atoms with Crippen LogP contribution in [0.25, 0.3) is 10.6 Å². The van der Waals surface area contributed by atoms with Crippen LogP contribution in [0.2, 0.25) is 0 Å². The zero-order valence-electron chi connectivity index (χ0n) is 24.6. The number of amides is 2. The predicted octanol–water partition coefficient (Wildman–Crippen LogP) is 4.60. The number of hydrogen-bond donors (Lipinski definition) is 2. The highest BCUT2D eigenvalue weighted by Crippen LogP contribution is 2.35. The summed E-state index contributed by atoms with van der Waals surface area (Å²) in [6.07, 6.45) is 1.02. The SMILES string of the molecule is C[C@H](CO)N1C[C@H](C)[C@@H](CN(C)S(=O)(=O)c2ccccc2)Oc2c(NC(=O)c3ccc(-c4nccs4)cc3)cccc2C1=O. The van der Waals surface area contributed by atoms with Gasteiger partial charge in [-0.2, -0.15) is 4.31 Å². The number of hydrogen-bond acceptors (Lipinski definition) is 8. The molecule has 3 atom stereocenters. The minimum absolute atomic E-state index is 0.0200. The van der Waals surface area contributed by atoms with Crippen molar-refractivity contribution in [3.05, 3.63) is 95.5 Å². The zero-order chi connectivity index (χ0) is 31.4. The van der Waals surface area contributed by atoms with Crippen molar-refractivity contribution < 1.29 is 27.9 Å². The maximum Gasteiger partial charge on any atom is 0.258 e. The highest BCUT2D eigenvalue weighted by molar-refractivity contribution is 7.89. The summed E-state index contributed by atoms with van der Waals surface area (Å²) in [4.78, 5) is 33.2. The van der Waals surface area contributed by atoms with Gasteiger partial charge in [-0.1, -0.05) is 43.3 Å². The number of likely N-dealkylation sites (N-methyl/N-ethyl adjacent to an activating group) is 1. The monoisotopic (exact) mass is 634 g/mol. The number of fused-ring (bicyclic) bond motifs is 1. The summed E-state index contributed by atoms with van der Waals surface area (Å²) in [6.45, 7) is 3.57. The first-order valence-electron chi connectivity index (χ1n) is 14.1. The average Bonchev–Trinajstić information content (AvgIpc) is 3.58. The van der Waals surface area contributed by atoms with Crippen molar-refractivity contribution in [1.29, 1.82) is 0 Å². The Morgan fingerprint density at radius 2 is 1.86 bits per heavy atom. The van der Waals surface area contributed by atoms with Gasteiger partial charge in [-0.25, -0.2) is 13.4 Å². The smallest absolute Gasteiger partial charge is 0.258 e. The normalized spacial score (nSPS) is 17.8. The summed E-state index contributed by atoms with van der Waals surface area (Å²) in [5.74, 6) is -0.962. The maximum atomic E-state index is 13.8. The summed E-state index contributed by atoms with van der Waals surface area (Å²) in [6, 6.07) is 19.5. The van der Waals surface area contributed by atoms with Gasteiger partial charge in [0, 0.05) is 42.2 Å². The molecule has 10 nitrogen and oxygen atoms in total. The van der Waals surface area contributed by atoms with Crippen LogP contribution < -0.4 is 10.1 Å². The molecule has 0 radical (unpaired) electrons. The first-order valence-corrected chi connectivity index (χ1v) is 16.5. The summed E-state index contributed by atoms with van der Waals surface area (Å²) >= 11 is 1.50. The fraction of sp³-hybridized carbons (Fsp3) is 0.281. The standard InChI is InChI=1S/C32H34N4O6S2/c1-21-18-36(22(2)20-37)32(39)26-10-7-11-27(34-30(38)23-12-14-24(15-13-23)31-33-16-17-43-31)29(26)42-28(21)19-35(3)44(40,41)25-8-5-4-6-9-25/h4-17,21-22,28,37H,18-20H2,1-3H3,(H,34,38)/t21-,22+,28+/m0/s1. The first kappa shape index (κ1) is 31.3. The second-order valence-corrected chi connectivity index (χ2v) is 13.7. The number of benzene rings is 3. The largest absolute Gasteiger partial charge is 0.486 e. The Morgan fingerprint density at radius 1 is 1.14 bits per heavy atom. The highest BCUT2D eigenvalue weighted by atomic mass is 32.2. The summed E-state index contributed by atoms with van der Waals surface area (Å²) in [5.41, 5.74) is 1.76. The Hall–Kier alpha value is -4.10. The minimum atomic E-state index is -3.83. The van der Waals surface area contributed by atoms with Crippen LogP contribution in [0.15, 0.2) is 89.3 Å². The number of nitrogens with one attached hydrogen (secondary N) is 1. The molecule has 0 saturated heterocycles. The van der Waals surface area contributed by atoms with Crippen LogP contribution in [-0.2, 0) is 10.0 Å². The second kappa shape index (κ2) is 13.3. The molecule has 2 amide bonds. The van der Waals surface area contributed by atoms with E-state index in [0.717, 1.165) is 10.6 Å². The van der Waals surface area contributed by atoms with Gasteiger partial charge in [-0.05, 0) is 43.3 Å². The number of anilines is 1. The van der Waals surface area contributed by atoms with Gasteiger partial charge in [0.2, 0.25) is 10.0 Å². The molecule has 1 aromatic heterocycles. The van der Waals surface area contributed by atoms with Crippen molar-refractivity contribution >= 4 is 38.9 Å². The van der Waals surface area contributed by atoms with Crippen LogP contribution in [-0.4, -0.2) is 78.4 Å². The van der Waals surface area contributed by atoms with Gasteiger partial charge < -0.3 is 20.1 Å². The molecule has 4 aromatic rings. The van der Waals surface area contributed by atoms with Crippen molar-refractivity contribution in [3.8, 4) is 16.3 Å². The average molecular weight is 635 g/mol. The topological polar surface area (TPSA) is 129 Å². The molecule has 0 aliphatic carbocycles. The van der Waals surface area contributed by atoms with Crippen molar-refractivity contribution in [1.82, 2.24) is 14.2 Å². The van der Waals surface area contributed by atoms with Gasteiger partial charge in [-0.15, -0.1) is 11.3 Å². The van der Waals surface area contributed by atoms with Crippen molar-refractivity contribution in [2.45, 2.75) is 30.9 Å². The number of aliphatic hydroxyl groups is 1. The minimum Gasteiger partial charge on any atom is -0.486 e. The van der Waals surface area contributed by atoms with Crippen LogP contribution in [0.3, 0.4) is 0 Å². The first-order chi connectivity index (χ1) is 21.1. The Bertz CT molecular complexity index is 1710. The van der Waals surface area contributed by atoms with Gasteiger partial charge in [0.1, 0.15) is 11.1 Å². The van der Waals surface area contributed by atoms with E-state index in [9.17, 15) is 23.1 Å². The van der Waals surface area contributed by atoms with Gasteiger partial charge >= 0.3 is 0 Å². The fourth-order valence-electron chi connectivity index (χ4n) is 5.01. The van der Waals surface area contributed by atoms with E-state index < -0.39 is 28.1 Å². The van der Waals surface area contributed by atoms with E-state index in [1.165, 1.54) is 34.8 Å². The molecule has 5 rings (SSSR count). The fourth-order valence-corrected chi connectivity index (χ4v) is 6.86. The van der Waals surface area contributed by atoms with E-state index in [4.69, 9.17) is 4.74 Å². The van der Waals surface area contributed by atoms with Gasteiger partial charge in [0.15, 0.2) is 5.75 Å². The Morgan fingerprint density at radius 3 is 2.52 bits per heavy atom. The molecule has 1 aliphatic rings. The summed E-state index contributed by atoms with van der Waals surface area (Å²) < 4.78 is 34.4. The third kappa shape index (κ3) is 6.53. The van der Waals surface area contributed by atoms with E-state index in [0.29, 0.717) is 5.56 Å². The number of aliphatic hydroxyl groups excluding tert-OH is 1. The molecule has 2 heterocycles. The number of carbonyl (C=O) groups is 2. The van der Waals surface area contributed by atoms with Gasteiger partial charge in [0.25, 0.3) is 11.8 Å². The number of nitrogens with zero attached hydrogens (tertiary/aromatic N) is 3. The third-order valence-corrected chi connectivity index (χ3v) is 10.3. The third-order valence-electron chi connectivity index (χ3n) is 7.65. The molecule has 0 spiro atoms. The predicted molar refractivity (Wildman–Crippen MR) is 169 cm³/mol. The molecule has 12 heteroatoms. The van der Waals surface area contributed by atoms with Gasteiger partial charge in [-0.3, -0.25) is 9.59 Å². The lowest BCUT2D eigenvalue weighted by atomic mass is 9.99. The van der Waals surface area contributed by atoms with Crippen molar-refractivity contribution in [2.75, 3.05) is 32.1 Å². The Balaban J connectivity index is 1.47. The van der Waals surface area contributed by atoms with Crippen molar-refractivity contribution in [2.24, 2.45) is 5.92 Å². The maximum absolute atomic E-state index is 13.8. The number of carbonyl (C=O) groups excluding carboxylic acids is 2. The molecule has 44 heavy (non-hydrogen) atoms. The molecular formula is C32H34N4O6S2. The highest BCUT2D eigenvalue weighted by Gasteiger charge is 2.36. The molecule has 0 bridgehead atoms. The van der Waals surface area contributed by atoms with Crippen LogP contribution in [0.4, 0.5) is 5.69 Å². The van der Waals surface area contributed by atoms with E-state index in [1.54, 1.807) is 66.6 Å². The number of thiazole rings is 1. The summed E-state index contributed by atoms with van der Waals surface area (Å²) in [7, 11) is -2.34. The molecule has 1 aliphatic heterocycles. The molecule has 3 aromatic carbocycles. The number of rotatable bonds is 9. The molecule has 0 unspecified atom stereocenters. The number of aromatic nitrogens is 1. The van der Waals surface area contributed by atoms with E-state index in [-0.39, 0.29) is 53.4 Å². The molecule has 0 fully saturated rings.